The highest BCUT2D eigenvalue weighted by atomic mass is 79.9. The van der Waals surface area contributed by atoms with Crippen LogP contribution in [0.15, 0.2) is 22.7 Å². The average molecular weight is 258 g/mol. The summed E-state index contributed by atoms with van der Waals surface area (Å²) >= 11 is 3.42. The van der Waals surface area contributed by atoms with Gasteiger partial charge in [-0.25, -0.2) is 0 Å². The number of hydrogen-bond donors (Lipinski definition) is 2. The van der Waals surface area contributed by atoms with Gasteiger partial charge in [0, 0.05) is 10.0 Å². The molecule has 0 radical (unpaired) electrons. The number of hydrogen-bond acceptors (Lipinski definition) is 2. The van der Waals surface area contributed by atoms with Crippen LogP contribution in [0.2, 0.25) is 0 Å². The van der Waals surface area contributed by atoms with Crippen molar-refractivity contribution in [1.82, 2.24) is 0 Å². The third-order valence-electron chi connectivity index (χ3n) is 2.27. The van der Waals surface area contributed by atoms with E-state index in [0.29, 0.717) is 6.42 Å². The summed E-state index contributed by atoms with van der Waals surface area (Å²) < 4.78 is 1.05. The Hall–Kier alpha value is -0.380. The van der Waals surface area contributed by atoms with Crippen molar-refractivity contribution >= 4 is 15.9 Å². The number of nitrogens with two attached hydrogens (primary N) is 1. The summed E-state index contributed by atoms with van der Waals surface area (Å²) in [5, 5.41) is 9.08. The molecule has 1 aromatic carbocycles. The number of rotatable bonds is 3. The Labute approximate surface area is 93.3 Å². The second kappa shape index (κ2) is 4.43. The summed E-state index contributed by atoms with van der Waals surface area (Å²) in [5.41, 5.74) is 7.75. The van der Waals surface area contributed by atoms with Gasteiger partial charge in [-0.05, 0) is 43.5 Å². The molecular formula is C11H16BrNO. The highest BCUT2D eigenvalue weighted by Gasteiger charge is 2.18. The van der Waals surface area contributed by atoms with Crippen LogP contribution in [-0.2, 0) is 6.42 Å². The third-order valence-corrected chi connectivity index (χ3v) is 2.76. The van der Waals surface area contributed by atoms with Gasteiger partial charge >= 0.3 is 0 Å². The van der Waals surface area contributed by atoms with Crippen LogP contribution in [0, 0.1) is 6.92 Å². The standard InChI is InChI=1S/C11H16BrNO/c1-8-3-4-10(12)5-9(8)6-11(2,13)7-14/h3-5,14H,6-7,13H2,1-2H3. The molecule has 3 N–H and O–H groups in total. The molecule has 0 fully saturated rings. The van der Waals surface area contributed by atoms with Crippen LogP contribution in [0.25, 0.3) is 0 Å². The average Bonchev–Trinajstić information content (AvgIpc) is 2.11. The van der Waals surface area contributed by atoms with Crippen LogP contribution in [0.5, 0.6) is 0 Å². The zero-order valence-corrected chi connectivity index (χ0v) is 10.1. The number of aryl methyl sites for hydroxylation is 1. The van der Waals surface area contributed by atoms with Gasteiger partial charge in [0.25, 0.3) is 0 Å². The van der Waals surface area contributed by atoms with Gasteiger partial charge in [0.1, 0.15) is 0 Å². The molecule has 0 saturated carbocycles. The quantitative estimate of drug-likeness (QED) is 0.871. The molecule has 0 heterocycles. The molecule has 1 rings (SSSR count). The molecule has 0 saturated heterocycles. The molecule has 0 amide bonds. The summed E-state index contributed by atoms with van der Waals surface area (Å²) in [5.74, 6) is 0. The van der Waals surface area contributed by atoms with Crippen molar-refractivity contribution in [3.8, 4) is 0 Å². The van der Waals surface area contributed by atoms with Gasteiger partial charge in [-0.15, -0.1) is 0 Å². The van der Waals surface area contributed by atoms with Gasteiger partial charge in [0.15, 0.2) is 0 Å². The topological polar surface area (TPSA) is 46.2 Å². The molecule has 78 valence electrons. The van der Waals surface area contributed by atoms with Crippen molar-refractivity contribution < 1.29 is 5.11 Å². The maximum atomic E-state index is 9.08. The molecule has 1 atom stereocenters. The number of aliphatic hydroxyl groups is 1. The number of halogens is 1. The van der Waals surface area contributed by atoms with Gasteiger partial charge in [-0.2, -0.15) is 0 Å². The van der Waals surface area contributed by atoms with Crippen LogP contribution in [0.1, 0.15) is 18.1 Å². The molecular weight excluding hydrogens is 242 g/mol. The molecule has 0 bridgehead atoms. The van der Waals surface area contributed by atoms with E-state index in [1.165, 1.54) is 11.1 Å². The normalized spacial score (nSPS) is 15.2. The fourth-order valence-electron chi connectivity index (χ4n) is 1.32. The van der Waals surface area contributed by atoms with Crippen molar-refractivity contribution in [2.45, 2.75) is 25.8 Å². The summed E-state index contributed by atoms with van der Waals surface area (Å²) in [6, 6.07) is 6.11. The van der Waals surface area contributed by atoms with E-state index in [1.54, 1.807) is 0 Å². The largest absolute Gasteiger partial charge is 0.394 e. The minimum atomic E-state index is -0.536. The lowest BCUT2D eigenvalue weighted by molar-refractivity contribution is 0.208. The van der Waals surface area contributed by atoms with E-state index in [4.69, 9.17) is 10.8 Å². The Morgan fingerprint density at radius 2 is 2.14 bits per heavy atom. The van der Waals surface area contributed by atoms with E-state index in [1.807, 2.05) is 19.1 Å². The first-order chi connectivity index (χ1) is 6.44. The monoisotopic (exact) mass is 257 g/mol. The number of benzene rings is 1. The Bertz CT molecular complexity index is 323. The maximum Gasteiger partial charge on any atom is 0.0611 e. The molecule has 0 aliphatic heterocycles. The van der Waals surface area contributed by atoms with Crippen molar-refractivity contribution in [3.05, 3.63) is 33.8 Å². The van der Waals surface area contributed by atoms with Crippen molar-refractivity contribution in [1.29, 1.82) is 0 Å². The smallest absolute Gasteiger partial charge is 0.0611 e. The van der Waals surface area contributed by atoms with Crippen LogP contribution in [-0.4, -0.2) is 17.3 Å². The van der Waals surface area contributed by atoms with Gasteiger partial charge in [0.05, 0.1) is 6.61 Å². The lowest BCUT2D eigenvalue weighted by atomic mass is 9.92. The fourth-order valence-corrected chi connectivity index (χ4v) is 1.73. The van der Waals surface area contributed by atoms with E-state index in [0.717, 1.165) is 4.47 Å². The van der Waals surface area contributed by atoms with Crippen molar-refractivity contribution in [3.63, 3.8) is 0 Å². The second-order valence-corrected chi connectivity index (χ2v) is 4.98. The molecule has 0 aliphatic rings. The minimum absolute atomic E-state index is 0.00104. The Balaban J connectivity index is 2.91. The summed E-state index contributed by atoms with van der Waals surface area (Å²) in [4.78, 5) is 0. The maximum absolute atomic E-state index is 9.08. The molecule has 1 unspecified atom stereocenters. The first-order valence-corrected chi connectivity index (χ1v) is 5.39. The van der Waals surface area contributed by atoms with E-state index in [-0.39, 0.29) is 6.61 Å². The van der Waals surface area contributed by atoms with E-state index >= 15 is 0 Å². The van der Waals surface area contributed by atoms with Gasteiger partial charge < -0.3 is 10.8 Å². The number of aliphatic hydroxyl groups excluding tert-OH is 1. The molecule has 0 aliphatic carbocycles. The Morgan fingerprint density at radius 1 is 1.50 bits per heavy atom. The zero-order chi connectivity index (χ0) is 10.8. The van der Waals surface area contributed by atoms with Crippen LogP contribution < -0.4 is 5.73 Å². The van der Waals surface area contributed by atoms with Crippen LogP contribution in [0.4, 0.5) is 0 Å². The van der Waals surface area contributed by atoms with Gasteiger partial charge in [-0.1, -0.05) is 22.0 Å². The summed E-state index contributed by atoms with van der Waals surface area (Å²) in [6.45, 7) is 3.90. The SMILES string of the molecule is Cc1ccc(Br)cc1CC(C)(N)CO. The van der Waals surface area contributed by atoms with Crippen molar-refractivity contribution in [2.75, 3.05) is 6.61 Å². The van der Waals surface area contributed by atoms with Gasteiger partial charge in [-0.3, -0.25) is 0 Å². The molecule has 2 nitrogen and oxygen atoms in total. The molecule has 0 aromatic heterocycles. The van der Waals surface area contributed by atoms with E-state index < -0.39 is 5.54 Å². The Morgan fingerprint density at radius 3 is 2.71 bits per heavy atom. The first kappa shape index (κ1) is 11.7. The summed E-state index contributed by atoms with van der Waals surface area (Å²) in [7, 11) is 0. The van der Waals surface area contributed by atoms with E-state index in [2.05, 4.69) is 28.9 Å². The predicted molar refractivity (Wildman–Crippen MR) is 62.3 cm³/mol. The zero-order valence-electron chi connectivity index (χ0n) is 8.55. The molecule has 14 heavy (non-hydrogen) atoms. The van der Waals surface area contributed by atoms with Gasteiger partial charge in [0.2, 0.25) is 0 Å². The lowest BCUT2D eigenvalue weighted by Crippen LogP contribution is -2.42. The first-order valence-electron chi connectivity index (χ1n) is 4.59. The second-order valence-electron chi connectivity index (χ2n) is 4.06. The molecule has 3 heteroatoms. The highest BCUT2D eigenvalue weighted by Crippen LogP contribution is 2.19. The van der Waals surface area contributed by atoms with Crippen LogP contribution in [0.3, 0.4) is 0 Å². The van der Waals surface area contributed by atoms with Crippen LogP contribution >= 0.6 is 15.9 Å². The third kappa shape index (κ3) is 3.08. The summed E-state index contributed by atoms with van der Waals surface area (Å²) in [6.07, 6.45) is 0.689. The van der Waals surface area contributed by atoms with E-state index in [9.17, 15) is 0 Å². The fraction of sp³-hybridized carbons (Fsp3) is 0.455. The predicted octanol–water partition coefficient (Wildman–Crippen LogP) is 2.01. The lowest BCUT2D eigenvalue weighted by Gasteiger charge is -2.22. The molecule has 0 spiro atoms. The Kier molecular flexibility index (Phi) is 3.70. The van der Waals surface area contributed by atoms with Crippen molar-refractivity contribution in [2.24, 2.45) is 5.73 Å². The minimum Gasteiger partial charge on any atom is -0.394 e. The highest BCUT2D eigenvalue weighted by molar-refractivity contribution is 9.10. The molecule has 1 aromatic rings.